The Morgan fingerprint density at radius 2 is 1.88 bits per heavy atom. The molecule has 1 aromatic rings. The van der Waals surface area contributed by atoms with Gasteiger partial charge in [-0.25, -0.2) is 4.39 Å². The quantitative estimate of drug-likeness (QED) is 0.454. The molecule has 1 nitrogen and oxygen atoms in total. The third-order valence-electron chi connectivity index (χ3n) is 1.77. The van der Waals surface area contributed by atoms with Crippen LogP contribution in [-0.2, 0) is 6.18 Å². The molecule has 0 unspecified atom stereocenters. The average molecular weight is 275 g/mol. The first-order chi connectivity index (χ1) is 7.27. The first kappa shape index (κ1) is 13.3. The Morgan fingerprint density at radius 1 is 1.31 bits per heavy atom. The maximum atomic E-state index is 13.1. The molecule has 0 saturated heterocycles. The van der Waals surface area contributed by atoms with Crippen LogP contribution in [0.4, 0.5) is 17.6 Å². The van der Waals surface area contributed by atoms with Crippen LogP contribution in [0.1, 0.15) is 15.9 Å². The molecule has 0 bridgehead atoms. The molecule has 0 fully saturated rings. The minimum absolute atomic E-state index is 0.287. The van der Waals surface area contributed by atoms with Crippen LogP contribution in [-0.4, -0.2) is 11.7 Å². The van der Waals surface area contributed by atoms with Crippen molar-refractivity contribution in [2.24, 2.45) is 0 Å². The van der Waals surface area contributed by atoms with Crippen molar-refractivity contribution < 1.29 is 22.4 Å². The average Bonchev–Trinajstić information content (AvgIpc) is 2.13. The zero-order valence-electron chi connectivity index (χ0n) is 7.54. The molecule has 0 spiro atoms. The number of carbonyl (C=O) groups excluding carboxylic acids is 1. The van der Waals surface area contributed by atoms with Gasteiger partial charge in [-0.3, -0.25) is 4.79 Å². The Morgan fingerprint density at radius 3 is 2.25 bits per heavy atom. The monoisotopic (exact) mass is 274 g/mol. The predicted octanol–water partition coefficient (Wildman–Crippen LogP) is 3.92. The van der Waals surface area contributed by atoms with Crippen LogP contribution >= 0.6 is 23.2 Å². The summed E-state index contributed by atoms with van der Waals surface area (Å²) < 4.78 is 50.0. The first-order valence-electron chi connectivity index (χ1n) is 3.92. The van der Waals surface area contributed by atoms with Gasteiger partial charge in [-0.2, -0.15) is 13.2 Å². The fraction of sp³-hybridized carbons (Fsp3) is 0.222. The third-order valence-corrected chi connectivity index (χ3v) is 2.31. The minimum Gasteiger partial charge on any atom is -0.293 e. The van der Waals surface area contributed by atoms with Crippen LogP contribution in [0.3, 0.4) is 0 Å². The van der Waals surface area contributed by atoms with E-state index in [1.165, 1.54) is 0 Å². The Hall–Kier alpha value is -0.810. The third kappa shape index (κ3) is 2.65. The molecule has 0 atom stereocenters. The molecule has 16 heavy (non-hydrogen) atoms. The summed E-state index contributed by atoms with van der Waals surface area (Å²) in [5.74, 6) is -2.74. The number of alkyl halides is 4. The highest BCUT2D eigenvalue weighted by Gasteiger charge is 2.37. The highest BCUT2D eigenvalue weighted by Crippen LogP contribution is 2.37. The zero-order chi connectivity index (χ0) is 12.5. The Kier molecular flexibility index (Phi) is 3.80. The van der Waals surface area contributed by atoms with Gasteiger partial charge in [0.05, 0.1) is 10.9 Å². The summed E-state index contributed by atoms with van der Waals surface area (Å²) in [5, 5.41) is -0.860. The van der Waals surface area contributed by atoms with E-state index in [0.29, 0.717) is 6.07 Å². The van der Waals surface area contributed by atoms with E-state index >= 15 is 0 Å². The summed E-state index contributed by atoms with van der Waals surface area (Å²) in [5.41, 5.74) is -1.87. The van der Waals surface area contributed by atoms with Crippen molar-refractivity contribution in [3.63, 3.8) is 0 Å². The second-order valence-corrected chi connectivity index (χ2v) is 3.54. The van der Waals surface area contributed by atoms with Crippen molar-refractivity contribution in [2.75, 3.05) is 5.88 Å². The molecule has 0 heterocycles. The van der Waals surface area contributed by atoms with Crippen molar-refractivity contribution >= 4 is 29.0 Å². The van der Waals surface area contributed by atoms with Gasteiger partial charge in [0.2, 0.25) is 0 Å². The van der Waals surface area contributed by atoms with E-state index in [2.05, 4.69) is 0 Å². The van der Waals surface area contributed by atoms with E-state index in [-0.39, 0.29) is 5.56 Å². The highest BCUT2D eigenvalue weighted by atomic mass is 35.5. The van der Waals surface area contributed by atoms with Crippen molar-refractivity contribution in [3.8, 4) is 0 Å². The SMILES string of the molecule is O=C(CCl)c1cc(F)c(C(F)(F)F)c(Cl)c1. The van der Waals surface area contributed by atoms with Crippen LogP contribution in [0.2, 0.25) is 5.02 Å². The number of benzene rings is 1. The number of halogens is 6. The van der Waals surface area contributed by atoms with Gasteiger partial charge in [0.15, 0.2) is 5.78 Å². The van der Waals surface area contributed by atoms with Gasteiger partial charge in [-0.1, -0.05) is 11.6 Å². The lowest BCUT2D eigenvalue weighted by Crippen LogP contribution is -2.11. The lowest BCUT2D eigenvalue weighted by molar-refractivity contribution is -0.139. The smallest absolute Gasteiger partial charge is 0.293 e. The fourth-order valence-corrected chi connectivity index (χ4v) is 1.55. The molecule has 0 N–H and O–H groups in total. The normalized spacial score (nSPS) is 11.6. The summed E-state index contributed by atoms with van der Waals surface area (Å²) in [6, 6.07) is 1.22. The van der Waals surface area contributed by atoms with Crippen molar-refractivity contribution in [1.29, 1.82) is 0 Å². The molecule has 7 heteroatoms. The summed E-state index contributed by atoms with van der Waals surface area (Å²) >= 11 is 10.4. The van der Waals surface area contributed by atoms with Crippen molar-refractivity contribution in [3.05, 3.63) is 34.1 Å². The Bertz CT molecular complexity index is 405. The van der Waals surface area contributed by atoms with Gasteiger partial charge >= 0.3 is 6.18 Å². The number of ketones is 1. The number of hydrogen-bond donors (Lipinski definition) is 0. The molecular weight excluding hydrogens is 271 g/mol. The molecule has 0 amide bonds. The lowest BCUT2D eigenvalue weighted by atomic mass is 10.1. The van der Waals surface area contributed by atoms with Gasteiger partial charge in [-0.15, -0.1) is 11.6 Å². The number of Topliss-reactive ketones (excluding diaryl/α,β-unsaturated/α-hetero) is 1. The van der Waals surface area contributed by atoms with Crippen molar-refractivity contribution in [2.45, 2.75) is 6.18 Å². The van der Waals surface area contributed by atoms with E-state index in [1.807, 2.05) is 0 Å². The molecule has 88 valence electrons. The topological polar surface area (TPSA) is 17.1 Å². The summed E-state index contributed by atoms with van der Waals surface area (Å²) in [4.78, 5) is 11.0. The Balaban J connectivity index is 3.34. The van der Waals surface area contributed by atoms with Crippen molar-refractivity contribution in [1.82, 2.24) is 0 Å². The Labute approximate surface area is 98.0 Å². The zero-order valence-corrected chi connectivity index (χ0v) is 9.05. The summed E-state index contributed by atoms with van der Waals surface area (Å²) in [6.07, 6.45) is -4.90. The first-order valence-corrected chi connectivity index (χ1v) is 4.84. The van der Waals surface area contributed by atoms with E-state index in [1.54, 1.807) is 0 Å². The molecule has 0 aliphatic rings. The molecule has 0 saturated carbocycles. The molecule has 0 aromatic heterocycles. The van der Waals surface area contributed by atoms with Gasteiger partial charge in [0, 0.05) is 5.56 Å². The summed E-state index contributed by atoms with van der Waals surface area (Å²) in [6.45, 7) is 0. The number of hydrogen-bond acceptors (Lipinski definition) is 1. The van der Waals surface area contributed by atoms with Gasteiger partial charge < -0.3 is 0 Å². The second-order valence-electron chi connectivity index (χ2n) is 2.87. The maximum absolute atomic E-state index is 13.1. The number of rotatable bonds is 2. The van der Waals surface area contributed by atoms with Crippen LogP contribution in [0.5, 0.6) is 0 Å². The summed E-state index contributed by atoms with van der Waals surface area (Å²) in [7, 11) is 0. The highest BCUT2D eigenvalue weighted by molar-refractivity contribution is 6.33. The maximum Gasteiger partial charge on any atom is 0.420 e. The van der Waals surface area contributed by atoms with Crippen LogP contribution < -0.4 is 0 Å². The molecule has 1 rings (SSSR count). The predicted molar refractivity (Wildman–Crippen MR) is 51.5 cm³/mol. The largest absolute Gasteiger partial charge is 0.420 e. The lowest BCUT2D eigenvalue weighted by Gasteiger charge is -2.11. The molecule has 0 aliphatic carbocycles. The van der Waals surface area contributed by atoms with Crippen LogP contribution in [0, 0.1) is 5.82 Å². The molecular formula is C9H4Cl2F4O. The van der Waals surface area contributed by atoms with Gasteiger partial charge in [0.1, 0.15) is 11.4 Å². The van der Waals surface area contributed by atoms with E-state index in [9.17, 15) is 22.4 Å². The van der Waals surface area contributed by atoms with Crippen LogP contribution in [0.15, 0.2) is 12.1 Å². The molecule has 1 aromatic carbocycles. The van der Waals surface area contributed by atoms with Gasteiger partial charge in [0.25, 0.3) is 0 Å². The standard InChI is InChI=1S/C9H4Cl2F4O/c10-3-7(16)4-1-5(11)8(6(12)2-4)9(13,14)15/h1-2H,3H2. The molecule has 0 aliphatic heterocycles. The van der Waals surface area contributed by atoms with E-state index in [0.717, 1.165) is 6.07 Å². The fourth-order valence-electron chi connectivity index (χ4n) is 1.08. The van der Waals surface area contributed by atoms with E-state index in [4.69, 9.17) is 23.2 Å². The molecule has 0 radical (unpaired) electrons. The second kappa shape index (κ2) is 4.59. The van der Waals surface area contributed by atoms with Gasteiger partial charge in [-0.05, 0) is 12.1 Å². The minimum atomic E-state index is -4.90. The number of carbonyl (C=O) groups is 1. The van der Waals surface area contributed by atoms with Crippen LogP contribution in [0.25, 0.3) is 0 Å². The van der Waals surface area contributed by atoms with E-state index < -0.39 is 34.2 Å².